The molecular formula is C11H14N4. The molecule has 1 aromatic carbocycles. The zero-order valence-electron chi connectivity index (χ0n) is 8.70. The van der Waals surface area contributed by atoms with Gasteiger partial charge in [0.25, 0.3) is 0 Å². The molecule has 0 aliphatic heterocycles. The molecule has 0 bridgehead atoms. The second-order valence-electron chi connectivity index (χ2n) is 3.63. The highest BCUT2D eigenvalue weighted by molar-refractivity contribution is 5.23. The van der Waals surface area contributed by atoms with E-state index >= 15 is 0 Å². The van der Waals surface area contributed by atoms with Crippen LogP contribution < -0.4 is 5.73 Å². The molecule has 0 aliphatic rings. The van der Waals surface area contributed by atoms with Crippen LogP contribution in [-0.4, -0.2) is 15.2 Å². The molecule has 0 unspecified atom stereocenters. The Kier molecular flexibility index (Phi) is 2.67. The highest BCUT2D eigenvalue weighted by Crippen LogP contribution is 2.07. The van der Waals surface area contributed by atoms with Crippen LogP contribution in [0.2, 0.25) is 0 Å². The molecule has 0 aliphatic carbocycles. The molecule has 0 saturated heterocycles. The highest BCUT2D eigenvalue weighted by Gasteiger charge is 2.00. The fourth-order valence-electron chi connectivity index (χ4n) is 1.55. The van der Waals surface area contributed by atoms with Gasteiger partial charge in [0.1, 0.15) is 5.82 Å². The summed E-state index contributed by atoms with van der Waals surface area (Å²) < 4.78 is 0. The molecule has 2 aromatic rings. The Morgan fingerprint density at radius 3 is 2.87 bits per heavy atom. The third kappa shape index (κ3) is 2.56. The Labute approximate surface area is 88.5 Å². The first-order valence-electron chi connectivity index (χ1n) is 4.96. The van der Waals surface area contributed by atoms with Gasteiger partial charge in [0.05, 0.1) is 0 Å². The van der Waals surface area contributed by atoms with Crippen LogP contribution in [0.1, 0.15) is 17.0 Å². The van der Waals surface area contributed by atoms with Gasteiger partial charge in [-0.2, -0.15) is 4.98 Å². The molecule has 78 valence electrons. The maximum absolute atomic E-state index is 5.42. The number of aromatic amines is 1. The van der Waals surface area contributed by atoms with Crippen molar-refractivity contribution in [1.29, 1.82) is 0 Å². The van der Waals surface area contributed by atoms with E-state index in [1.54, 1.807) is 0 Å². The predicted octanol–water partition coefficient (Wildman–Crippen LogP) is 1.48. The van der Waals surface area contributed by atoms with E-state index in [0.717, 1.165) is 18.7 Å². The Balaban J connectivity index is 1.99. The number of rotatable bonds is 3. The minimum absolute atomic E-state index is 0.314. The Morgan fingerprint density at radius 2 is 2.20 bits per heavy atom. The number of anilines is 1. The molecule has 0 amide bonds. The van der Waals surface area contributed by atoms with Gasteiger partial charge in [0.15, 0.2) is 0 Å². The standard InChI is InChI=1S/C11H14N4/c1-8-3-2-4-9(7-8)5-6-10-13-11(12)15-14-10/h2-4,7H,5-6H2,1H3,(H3,12,13,14,15). The molecule has 0 atom stereocenters. The van der Waals surface area contributed by atoms with Crippen molar-refractivity contribution in [2.75, 3.05) is 5.73 Å². The van der Waals surface area contributed by atoms with Crippen molar-refractivity contribution in [3.63, 3.8) is 0 Å². The molecule has 3 N–H and O–H groups in total. The number of H-pyrrole nitrogens is 1. The Bertz CT molecular complexity index is 447. The fourth-order valence-corrected chi connectivity index (χ4v) is 1.55. The van der Waals surface area contributed by atoms with Gasteiger partial charge in [0, 0.05) is 6.42 Å². The molecule has 2 rings (SSSR count). The van der Waals surface area contributed by atoms with Gasteiger partial charge in [0.2, 0.25) is 5.95 Å². The predicted molar refractivity (Wildman–Crippen MR) is 59.4 cm³/mol. The van der Waals surface area contributed by atoms with E-state index in [-0.39, 0.29) is 0 Å². The lowest BCUT2D eigenvalue weighted by Gasteiger charge is -2.00. The first-order chi connectivity index (χ1) is 7.24. The average molecular weight is 202 g/mol. The van der Waals surface area contributed by atoms with Crippen molar-refractivity contribution in [3.05, 3.63) is 41.2 Å². The largest absolute Gasteiger partial charge is 0.367 e. The smallest absolute Gasteiger partial charge is 0.239 e. The SMILES string of the molecule is Cc1cccc(CCc2nc(N)n[nH]2)c1. The van der Waals surface area contributed by atoms with Crippen molar-refractivity contribution >= 4 is 5.95 Å². The quantitative estimate of drug-likeness (QED) is 0.792. The van der Waals surface area contributed by atoms with Crippen molar-refractivity contribution in [2.24, 2.45) is 0 Å². The second kappa shape index (κ2) is 4.13. The topological polar surface area (TPSA) is 67.6 Å². The lowest BCUT2D eigenvalue weighted by atomic mass is 10.1. The van der Waals surface area contributed by atoms with Crippen LogP contribution in [-0.2, 0) is 12.8 Å². The summed E-state index contributed by atoms with van der Waals surface area (Å²) in [5, 5.41) is 6.59. The van der Waals surface area contributed by atoms with Crippen LogP contribution in [0.25, 0.3) is 0 Å². The summed E-state index contributed by atoms with van der Waals surface area (Å²) in [5.74, 6) is 1.16. The molecule has 4 nitrogen and oxygen atoms in total. The van der Waals surface area contributed by atoms with E-state index in [9.17, 15) is 0 Å². The monoisotopic (exact) mass is 202 g/mol. The molecule has 1 aromatic heterocycles. The summed E-state index contributed by atoms with van der Waals surface area (Å²) in [4.78, 5) is 4.06. The fraction of sp³-hybridized carbons (Fsp3) is 0.273. The van der Waals surface area contributed by atoms with Gasteiger partial charge in [-0.3, -0.25) is 5.10 Å². The molecule has 0 saturated carbocycles. The molecule has 15 heavy (non-hydrogen) atoms. The van der Waals surface area contributed by atoms with Crippen molar-refractivity contribution < 1.29 is 0 Å². The Hall–Kier alpha value is -1.84. The summed E-state index contributed by atoms with van der Waals surface area (Å²) in [6.07, 6.45) is 1.80. The first kappa shape index (κ1) is 9.71. The number of nitrogens with two attached hydrogens (primary N) is 1. The highest BCUT2D eigenvalue weighted by atomic mass is 15.3. The normalized spacial score (nSPS) is 10.5. The minimum atomic E-state index is 0.314. The molecule has 4 heteroatoms. The zero-order valence-corrected chi connectivity index (χ0v) is 8.70. The number of hydrogen-bond donors (Lipinski definition) is 2. The van der Waals surface area contributed by atoms with Crippen LogP contribution >= 0.6 is 0 Å². The number of nitrogens with zero attached hydrogens (tertiary/aromatic N) is 2. The van der Waals surface area contributed by atoms with Crippen LogP contribution in [0.4, 0.5) is 5.95 Å². The third-order valence-electron chi connectivity index (χ3n) is 2.28. The van der Waals surface area contributed by atoms with Crippen LogP contribution in [0.15, 0.2) is 24.3 Å². The van der Waals surface area contributed by atoms with Crippen LogP contribution in [0.3, 0.4) is 0 Å². The average Bonchev–Trinajstić information content (AvgIpc) is 2.62. The van der Waals surface area contributed by atoms with E-state index < -0.39 is 0 Å². The van der Waals surface area contributed by atoms with Gasteiger partial charge < -0.3 is 5.73 Å². The van der Waals surface area contributed by atoms with Crippen molar-refractivity contribution in [3.8, 4) is 0 Å². The molecule has 1 heterocycles. The summed E-state index contributed by atoms with van der Waals surface area (Å²) >= 11 is 0. The van der Waals surface area contributed by atoms with Crippen LogP contribution in [0.5, 0.6) is 0 Å². The number of nitrogen functional groups attached to an aromatic ring is 1. The van der Waals surface area contributed by atoms with Crippen molar-refractivity contribution in [2.45, 2.75) is 19.8 Å². The van der Waals surface area contributed by atoms with E-state index in [1.807, 2.05) is 0 Å². The summed E-state index contributed by atoms with van der Waals surface area (Å²) in [6, 6.07) is 8.46. The van der Waals surface area contributed by atoms with Gasteiger partial charge in [-0.1, -0.05) is 29.8 Å². The number of nitrogens with one attached hydrogen (secondary N) is 1. The van der Waals surface area contributed by atoms with E-state index in [0.29, 0.717) is 5.95 Å². The Morgan fingerprint density at radius 1 is 1.33 bits per heavy atom. The maximum atomic E-state index is 5.42. The van der Waals surface area contributed by atoms with Gasteiger partial charge in [-0.05, 0) is 18.9 Å². The number of benzene rings is 1. The second-order valence-corrected chi connectivity index (χ2v) is 3.63. The third-order valence-corrected chi connectivity index (χ3v) is 2.28. The van der Waals surface area contributed by atoms with E-state index in [4.69, 9.17) is 5.73 Å². The van der Waals surface area contributed by atoms with Crippen molar-refractivity contribution in [1.82, 2.24) is 15.2 Å². The van der Waals surface area contributed by atoms with Crippen LogP contribution in [0, 0.1) is 6.92 Å². The molecule has 0 spiro atoms. The summed E-state index contributed by atoms with van der Waals surface area (Å²) in [5.41, 5.74) is 8.01. The first-order valence-corrected chi connectivity index (χ1v) is 4.96. The van der Waals surface area contributed by atoms with Gasteiger partial charge in [-0.25, -0.2) is 0 Å². The maximum Gasteiger partial charge on any atom is 0.239 e. The lowest BCUT2D eigenvalue weighted by molar-refractivity contribution is 0.864. The molecule has 0 radical (unpaired) electrons. The molecule has 0 fully saturated rings. The van der Waals surface area contributed by atoms with Gasteiger partial charge >= 0.3 is 0 Å². The number of hydrogen-bond acceptors (Lipinski definition) is 3. The number of aryl methyl sites for hydroxylation is 3. The van der Waals surface area contributed by atoms with E-state index in [2.05, 4.69) is 46.4 Å². The van der Waals surface area contributed by atoms with Gasteiger partial charge in [-0.15, -0.1) is 5.10 Å². The summed E-state index contributed by atoms with van der Waals surface area (Å²) in [7, 11) is 0. The molecular weight excluding hydrogens is 188 g/mol. The van der Waals surface area contributed by atoms with E-state index in [1.165, 1.54) is 11.1 Å². The lowest BCUT2D eigenvalue weighted by Crippen LogP contribution is -1.94. The zero-order chi connectivity index (χ0) is 10.7. The number of aromatic nitrogens is 3. The summed E-state index contributed by atoms with van der Waals surface area (Å²) in [6.45, 7) is 2.09. The minimum Gasteiger partial charge on any atom is -0.367 e.